The Balaban J connectivity index is 0.996. The lowest BCUT2D eigenvalue weighted by Gasteiger charge is -2.45. The molecule has 0 aromatic heterocycles. The molecule has 41 heavy (non-hydrogen) atoms. The molecule has 3 aliphatic carbocycles. The van der Waals surface area contributed by atoms with Crippen molar-refractivity contribution in [2.24, 2.45) is 11.8 Å². The third kappa shape index (κ3) is 4.99. The van der Waals surface area contributed by atoms with Gasteiger partial charge in [-0.05, 0) is 65.8 Å². The molecule has 210 valence electrons. The average Bonchev–Trinajstić information content (AvgIpc) is 3.23. The summed E-state index contributed by atoms with van der Waals surface area (Å²) >= 11 is 3.39. The van der Waals surface area contributed by atoms with Crippen LogP contribution in [-0.2, 0) is 23.9 Å². The average molecular weight is 616 g/mol. The van der Waals surface area contributed by atoms with Gasteiger partial charge in [-0.2, -0.15) is 0 Å². The molecule has 0 spiro atoms. The van der Waals surface area contributed by atoms with Crippen molar-refractivity contribution in [2.45, 2.75) is 44.4 Å². The van der Waals surface area contributed by atoms with Crippen LogP contribution < -0.4 is 5.32 Å². The Hall–Kier alpha value is -3.78. The first-order valence-electron chi connectivity index (χ1n) is 14.1. The van der Waals surface area contributed by atoms with Gasteiger partial charge >= 0.3 is 5.97 Å². The first-order chi connectivity index (χ1) is 19.8. The van der Waals surface area contributed by atoms with Crippen LogP contribution in [0.5, 0.6) is 0 Å². The summed E-state index contributed by atoms with van der Waals surface area (Å²) in [5.41, 5.74) is 6.23. The smallest absolute Gasteiger partial charge is 0.306 e. The Bertz CT molecular complexity index is 1440. The van der Waals surface area contributed by atoms with E-state index >= 15 is 0 Å². The number of benzene rings is 3. The van der Waals surface area contributed by atoms with E-state index in [4.69, 9.17) is 4.74 Å². The molecule has 1 fully saturated rings. The highest BCUT2D eigenvalue weighted by atomic mass is 79.9. The van der Waals surface area contributed by atoms with Gasteiger partial charge in [0, 0.05) is 35.0 Å². The molecular weight excluding hydrogens is 584 g/mol. The van der Waals surface area contributed by atoms with Gasteiger partial charge in [0.05, 0.1) is 11.8 Å². The fourth-order valence-corrected chi connectivity index (χ4v) is 7.32. The minimum absolute atomic E-state index is 0.0783. The van der Waals surface area contributed by atoms with Gasteiger partial charge < -0.3 is 10.1 Å². The fraction of sp³-hybridized carbons (Fsp3) is 0.333. The normalized spacial score (nSPS) is 21.8. The molecule has 3 aromatic carbocycles. The molecule has 2 bridgehead atoms. The quantitative estimate of drug-likeness (QED) is 0.190. The molecule has 2 atom stereocenters. The highest BCUT2D eigenvalue weighted by Crippen LogP contribution is 2.60. The lowest BCUT2D eigenvalue weighted by Crippen LogP contribution is -2.41. The van der Waals surface area contributed by atoms with E-state index in [1.165, 1.54) is 27.2 Å². The second-order valence-electron chi connectivity index (χ2n) is 11.1. The predicted molar refractivity (Wildman–Crippen MR) is 157 cm³/mol. The highest BCUT2D eigenvalue weighted by molar-refractivity contribution is 9.10. The van der Waals surface area contributed by atoms with Crippen molar-refractivity contribution in [3.05, 3.63) is 99.0 Å². The number of carbonyl (C=O) groups excluding carboxylic acids is 4. The van der Waals surface area contributed by atoms with Crippen LogP contribution in [-0.4, -0.2) is 41.7 Å². The Morgan fingerprint density at radius 3 is 1.93 bits per heavy atom. The molecule has 0 unspecified atom stereocenters. The predicted octanol–water partition coefficient (Wildman–Crippen LogP) is 5.69. The van der Waals surface area contributed by atoms with Gasteiger partial charge in [-0.3, -0.25) is 24.1 Å². The molecule has 1 heterocycles. The standard InChI is InChI=1S/C33H31BrN2O5/c1-19-17-20(34)14-15-25(19)35-26(37)18-41-27(38)13-3-2-8-16-36-32(39)30-28-21-9-4-5-10-22(21)29(31(30)33(36)40)24-12-7-6-11-23(24)28/h4-7,9-12,14-15,17,28-31H,2-3,8,13,16,18H2,1H3,(H,35,37)/t28?,29?,30-,31-/m0/s1. The summed E-state index contributed by atoms with van der Waals surface area (Å²) < 4.78 is 6.05. The van der Waals surface area contributed by atoms with Gasteiger partial charge in [0.15, 0.2) is 6.61 Å². The van der Waals surface area contributed by atoms with Crippen LogP contribution in [0.4, 0.5) is 5.69 Å². The number of hydrogen-bond donors (Lipinski definition) is 1. The Labute approximate surface area is 247 Å². The number of esters is 1. The van der Waals surface area contributed by atoms with E-state index in [9.17, 15) is 19.2 Å². The Morgan fingerprint density at radius 2 is 1.39 bits per heavy atom. The molecule has 4 aliphatic rings. The zero-order valence-corrected chi connectivity index (χ0v) is 24.4. The number of imide groups is 1. The Morgan fingerprint density at radius 1 is 0.829 bits per heavy atom. The van der Waals surface area contributed by atoms with Crippen molar-refractivity contribution in [2.75, 3.05) is 18.5 Å². The molecule has 0 radical (unpaired) electrons. The highest BCUT2D eigenvalue weighted by Gasteiger charge is 2.61. The number of halogens is 1. The van der Waals surface area contributed by atoms with Crippen LogP contribution in [0.3, 0.4) is 0 Å². The summed E-state index contributed by atoms with van der Waals surface area (Å²) in [4.78, 5) is 53.1. The number of anilines is 1. The fourth-order valence-electron chi connectivity index (χ4n) is 6.85. The molecule has 8 heteroatoms. The van der Waals surface area contributed by atoms with Gasteiger partial charge in [-0.1, -0.05) is 70.9 Å². The van der Waals surface area contributed by atoms with Crippen LogP contribution in [0, 0.1) is 18.8 Å². The summed E-state index contributed by atoms with van der Waals surface area (Å²) in [6, 6.07) is 22.0. The summed E-state index contributed by atoms with van der Waals surface area (Å²) in [5.74, 6) is -1.92. The molecular formula is C33H31BrN2O5. The van der Waals surface area contributed by atoms with Crippen LogP contribution >= 0.6 is 15.9 Å². The zero-order valence-electron chi connectivity index (χ0n) is 22.8. The second kappa shape index (κ2) is 11.2. The van der Waals surface area contributed by atoms with Crippen molar-refractivity contribution in [1.29, 1.82) is 0 Å². The zero-order chi connectivity index (χ0) is 28.7. The Kier molecular flexibility index (Phi) is 7.51. The number of unbranched alkanes of at least 4 members (excludes halogenated alkanes) is 2. The molecule has 1 N–H and O–H groups in total. The van der Waals surface area contributed by atoms with E-state index in [0.29, 0.717) is 31.5 Å². The SMILES string of the molecule is Cc1cc(Br)ccc1NC(=O)COC(=O)CCCCCN1C(=O)[C@H]2C3c4ccccc4C(c4ccccc43)[C@@H]2C1=O. The third-order valence-corrected chi connectivity index (χ3v) is 9.12. The van der Waals surface area contributed by atoms with Gasteiger partial charge in [-0.25, -0.2) is 0 Å². The van der Waals surface area contributed by atoms with Crippen molar-refractivity contribution in [3.8, 4) is 0 Å². The molecule has 7 rings (SSSR count). The molecule has 7 nitrogen and oxygen atoms in total. The number of ether oxygens (including phenoxy) is 1. The molecule has 0 saturated carbocycles. The number of aryl methyl sites for hydroxylation is 1. The maximum atomic E-state index is 13.6. The minimum atomic E-state index is -0.445. The summed E-state index contributed by atoms with van der Waals surface area (Å²) in [6.45, 7) is 1.88. The summed E-state index contributed by atoms with van der Waals surface area (Å²) in [5, 5.41) is 2.75. The minimum Gasteiger partial charge on any atom is -0.456 e. The number of nitrogens with one attached hydrogen (secondary N) is 1. The van der Waals surface area contributed by atoms with Crippen LogP contribution in [0.1, 0.15) is 65.3 Å². The monoisotopic (exact) mass is 614 g/mol. The van der Waals surface area contributed by atoms with E-state index < -0.39 is 11.9 Å². The molecule has 3 amide bonds. The number of carbonyl (C=O) groups is 4. The van der Waals surface area contributed by atoms with E-state index in [-0.39, 0.29) is 48.5 Å². The summed E-state index contributed by atoms with van der Waals surface area (Å²) in [6.07, 6.45) is 2.01. The number of rotatable bonds is 9. The molecule has 1 aliphatic heterocycles. The maximum Gasteiger partial charge on any atom is 0.306 e. The lowest BCUT2D eigenvalue weighted by molar-refractivity contribution is -0.147. The maximum absolute atomic E-state index is 13.6. The van der Waals surface area contributed by atoms with Crippen molar-refractivity contribution in [3.63, 3.8) is 0 Å². The molecule has 3 aromatic rings. The van der Waals surface area contributed by atoms with E-state index in [0.717, 1.165) is 10.0 Å². The number of amides is 3. The largest absolute Gasteiger partial charge is 0.456 e. The number of nitrogens with zero attached hydrogens (tertiary/aromatic N) is 1. The van der Waals surface area contributed by atoms with E-state index in [1.807, 2.05) is 43.3 Å². The molecule has 1 saturated heterocycles. The van der Waals surface area contributed by atoms with Crippen molar-refractivity contribution in [1.82, 2.24) is 4.90 Å². The second-order valence-corrected chi connectivity index (χ2v) is 12.0. The number of hydrogen-bond acceptors (Lipinski definition) is 5. The number of likely N-dealkylation sites (tertiary alicyclic amines) is 1. The van der Waals surface area contributed by atoms with Gasteiger partial charge in [-0.15, -0.1) is 0 Å². The summed E-state index contributed by atoms with van der Waals surface area (Å²) in [7, 11) is 0. The van der Waals surface area contributed by atoms with Crippen molar-refractivity contribution < 1.29 is 23.9 Å². The van der Waals surface area contributed by atoms with Gasteiger partial charge in [0.25, 0.3) is 5.91 Å². The first kappa shape index (κ1) is 27.4. The topological polar surface area (TPSA) is 92.8 Å². The van der Waals surface area contributed by atoms with Crippen LogP contribution in [0.15, 0.2) is 71.2 Å². The van der Waals surface area contributed by atoms with Crippen LogP contribution in [0.25, 0.3) is 0 Å². The van der Waals surface area contributed by atoms with E-state index in [2.05, 4.69) is 45.5 Å². The van der Waals surface area contributed by atoms with Gasteiger partial charge in [0.1, 0.15) is 0 Å². The van der Waals surface area contributed by atoms with Crippen molar-refractivity contribution >= 4 is 45.3 Å². The lowest BCUT2D eigenvalue weighted by atomic mass is 9.55. The van der Waals surface area contributed by atoms with E-state index in [1.54, 1.807) is 6.07 Å². The third-order valence-electron chi connectivity index (χ3n) is 8.63. The van der Waals surface area contributed by atoms with Gasteiger partial charge in [0.2, 0.25) is 11.8 Å². The first-order valence-corrected chi connectivity index (χ1v) is 14.9. The van der Waals surface area contributed by atoms with Crippen LogP contribution in [0.2, 0.25) is 0 Å².